The smallest absolute Gasteiger partial charge is 0.326 e. The fourth-order valence-corrected chi connectivity index (χ4v) is 2.59. The molecule has 1 amide bonds. The van der Waals surface area contributed by atoms with E-state index in [9.17, 15) is 14.7 Å². The Morgan fingerprint density at radius 1 is 1.12 bits per heavy atom. The van der Waals surface area contributed by atoms with Crippen molar-refractivity contribution in [1.82, 2.24) is 4.90 Å². The van der Waals surface area contributed by atoms with Crippen LogP contribution in [-0.2, 0) is 14.3 Å². The van der Waals surface area contributed by atoms with Gasteiger partial charge in [0.05, 0.1) is 0 Å². The first kappa shape index (κ1) is 12.4. The quantitative estimate of drug-likeness (QED) is 0.784. The highest BCUT2D eigenvalue weighted by Crippen LogP contribution is 2.22. The summed E-state index contributed by atoms with van der Waals surface area (Å²) < 4.78 is 5.35. The van der Waals surface area contributed by atoms with Crippen LogP contribution in [0.25, 0.3) is 0 Å². The summed E-state index contributed by atoms with van der Waals surface area (Å²) in [4.78, 5) is 24.9. The molecule has 5 heteroatoms. The molecule has 17 heavy (non-hydrogen) atoms. The van der Waals surface area contributed by atoms with E-state index >= 15 is 0 Å². The van der Waals surface area contributed by atoms with Gasteiger partial charge < -0.3 is 14.7 Å². The molecule has 2 unspecified atom stereocenters. The highest BCUT2D eigenvalue weighted by molar-refractivity contribution is 5.86. The summed E-state index contributed by atoms with van der Waals surface area (Å²) in [6.45, 7) is 1.16. The zero-order valence-corrected chi connectivity index (χ0v) is 9.93. The van der Waals surface area contributed by atoms with E-state index in [1.54, 1.807) is 0 Å². The van der Waals surface area contributed by atoms with Crippen molar-refractivity contribution in [2.45, 2.75) is 50.7 Å². The lowest BCUT2D eigenvalue weighted by Gasteiger charge is -2.29. The first-order valence-corrected chi connectivity index (χ1v) is 6.35. The molecule has 0 bridgehead atoms. The lowest BCUT2D eigenvalue weighted by Crippen LogP contribution is -2.48. The molecule has 2 aliphatic rings. The molecule has 2 rings (SSSR count). The minimum atomic E-state index is -0.891. The average Bonchev–Trinajstić information content (AvgIpc) is 2.71. The van der Waals surface area contributed by atoms with Crippen LogP contribution in [0.2, 0.25) is 0 Å². The maximum Gasteiger partial charge on any atom is 0.326 e. The molecule has 2 aliphatic heterocycles. The molecule has 0 spiro atoms. The van der Waals surface area contributed by atoms with Crippen molar-refractivity contribution in [1.29, 1.82) is 0 Å². The summed E-state index contributed by atoms with van der Waals surface area (Å²) in [6.07, 6.45) is 4.54. The van der Waals surface area contributed by atoms with E-state index < -0.39 is 18.1 Å². The second-order valence-electron chi connectivity index (χ2n) is 4.74. The van der Waals surface area contributed by atoms with Crippen LogP contribution < -0.4 is 0 Å². The number of carbonyl (C=O) groups excluding carboxylic acids is 1. The van der Waals surface area contributed by atoms with Gasteiger partial charge in [-0.3, -0.25) is 4.79 Å². The van der Waals surface area contributed by atoms with Gasteiger partial charge in [-0.25, -0.2) is 4.79 Å². The number of carbonyl (C=O) groups is 2. The Bertz CT molecular complexity index is 299. The van der Waals surface area contributed by atoms with Gasteiger partial charge in [-0.05, 0) is 25.7 Å². The number of nitrogens with zero attached hydrogens (tertiary/aromatic N) is 1. The summed E-state index contributed by atoms with van der Waals surface area (Å²) in [6, 6.07) is -0.658. The number of hydrogen-bond acceptors (Lipinski definition) is 3. The lowest BCUT2D eigenvalue weighted by molar-refractivity contribution is -0.154. The van der Waals surface area contributed by atoms with Gasteiger partial charge in [-0.2, -0.15) is 0 Å². The van der Waals surface area contributed by atoms with E-state index in [-0.39, 0.29) is 5.91 Å². The van der Waals surface area contributed by atoms with Crippen molar-refractivity contribution in [3.8, 4) is 0 Å². The van der Waals surface area contributed by atoms with Gasteiger partial charge in [0.15, 0.2) is 0 Å². The predicted octanol–water partition coefficient (Wildman–Crippen LogP) is 1.02. The summed E-state index contributed by atoms with van der Waals surface area (Å²) in [7, 11) is 0. The van der Waals surface area contributed by atoms with Crippen molar-refractivity contribution >= 4 is 11.9 Å². The highest BCUT2D eigenvalue weighted by Gasteiger charge is 2.35. The average molecular weight is 241 g/mol. The third kappa shape index (κ3) is 2.77. The minimum Gasteiger partial charge on any atom is -0.480 e. The second-order valence-corrected chi connectivity index (χ2v) is 4.74. The number of amides is 1. The summed E-state index contributed by atoms with van der Waals surface area (Å²) in [5.41, 5.74) is 0. The van der Waals surface area contributed by atoms with Gasteiger partial charge in [0.1, 0.15) is 12.1 Å². The first-order valence-electron chi connectivity index (χ1n) is 6.35. The summed E-state index contributed by atoms with van der Waals surface area (Å²) in [5, 5.41) is 9.19. The largest absolute Gasteiger partial charge is 0.480 e. The summed E-state index contributed by atoms with van der Waals surface area (Å²) >= 11 is 0. The molecule has 2 atom stereocenters. The molecule has 1 N–H and O–H groups in total. The van der Waals surface area contributed by atoms with Gasteiger partial charge in [0.2, 0.25) is 0 Å². The molecular weight excluding hydrogens is 222 g/mol. The van der Waals surface area contributed by atoms with Gasteiger partial charge in [-0.1, -0.05) is 12.8 Å². The molecule has 0 aliphatic carbocycles. The zero-order chi connectivity index (χ0) is 12.3. The number of carboxylic acid groups (broad SMARTS) is 1. The molecule has 2 heterocycles. The van der Waals surface area contributed by atoms with E-state index in [1.807, 2.05) is 0 Å². The van der Waals surface area contributed by atoms with Crippen molar-refractivity contribution in [3.05, 3.63) is 0 Å². The summed E-state index contributed by atoms with van der Waals surface area (Å²) in [5.74, 6) is -1.02. The molecule has 0 aromatic carbocycles. The van der Waals surface area contributed by atoms with Gasteiger partial charge in [-0.15, -0.1) is 0 Å². The van der Waals surface area contributed by atoms with Crippen LogP contribution in [0, 0.1) is 0 Å². The first-order chi connectivity index (χ1) is 8.20. The molecule has 0 saturated carbocycles. The molecule has 2 fully saturated rings. The molecule has 2 saturated heterocycles. The van der Waals surface area contributed by atoms with E-state index in [2.05, 4.69) is 0 Å². The van der Waals surface area contributed by atoms with Crippen molar-refractivity contribution in [2.75, 3.05) is 13.2 Å². The van der Waals surface area contributed by atoms with Crippen LogP contribution >= 0.6 is 0 Å². The maximum absolute atomic E-state index is 12.2. The number of likely N-dealkylation sites (tertiary alicyclic amines) is 1. The number of hydrogen-bond donors (Lipinski definition) is 1. The van der Waals surface area contributed by atoms with Crippen LogP contribution in [0.4, 0.5) is 0 Å². The van der Waals surface area contributed by atoms with E-state index in [0.717, 1.165) is 32.1 Å². The monoisotopic (exact) mass is 241 g/mol. The third-order valence-corrected chi connectivity index (χ3v) is 3.53. The van der Waals surface area contributed by atoms with Crippen molar-refractivity contribution in [2.24, 2.45) is 0 Å². The van der Waals surface area contributed by atoms with Crippen molar-refractivity contribution < 1.29 is 19.4 Å². The minimum absolute atomic E-state index is 0.128. The van der Waals surface area contributed by atoms with Crippen LogP contribution in [-0.4, -0.2) is 47.2 Å². The van der Waals surface area contributed by atoms with E-state index in [4.69, 9.17) is 4.74 Å². The van der Waals surface area contributed by atoms with E-state index in [1.165, 1.54) is 4.90 Å². The van der Waals surface area contributed by atoms with Crippen LogP contribution in [0.5, 0.6) is 0 Å². The van der Waals surface area contributed by atoms with Crippen LogP contribution in [0.15, 0.2) is 0 Å². The van der Waals surface area contributed by atoms with Gasteiger partial charge in [0.25, 0.3) is 5.91 Å². The number of rotatable bonds is 2. The Labute approximate surface area is 101 Å². The van der Waals surface area contributed by atoms with Crippen LogP contribution in [0.1, 0.15) is 38.5 Å². The third-order valence-electron chi connectivity index (χ3n) is 3.53. The molecule has 5 nitrogen and oxygen atoms in total. The molecule has 0 aromatic rings. The number of carboxylic acids is 1. The van der Waals surface area contributed by atoms with E-state index in [0.29, 0.717) is 19.6 Å². The van der Waals surface area contributed by atoms with Crippen LogP contribution in [0.3, 0.4) is 0 Å². The van der Waals surface area contributed by atoms with Gasteiger partial charge >= 0.3 is 5.97 Å². The standard InChI is InChI=1S/C12H19NO4/c14-11(10-6-4-8-17-10)13-7-3-1-2-5-9(13)12(15)16/h9-10H,1-8H2,(H,15,16). The topological polar surface area (TPSA) is 66.8 Å². The number of ether oxygens (including phenoxy) is 1. The Balaban J connectivity index is 2.08. The normalized spacial score (nSPS) is 30.0. The fourth-order valence-electron chi connectivity index (χ4n) is 2.59. The Morgan fingerprint density at radius 2 is 1.94 bits per heavy atom. The molecule has 0 aromatic heterocycles. The SMILES string of the molecule is O=C(O)C1CCCCCN1C(=O)C1CCCO1. The zero-order valence-electron chi connectivity index (χ0n) is 9.93. The maximum atomic E-state index is 12.2. The lowest BCUT2D eigenvalue weighted by atomic mass is 10.1. The Morgan fingerprint density at radius 3 is 2.59 bits per heavy atom. The predicted molar refractivity (Wildman–Crippen MR) is 60.6 cm³/mol. The molecule has 96 valence electrons. The number of aliphatic carboxylic acids is 1. The highest BCUT2D eigenvalue weighted by atomic mass is 16.5. The molecule has 0 radical (unpaired) electrons. The van der Waals surface area contributed by atoms with Crippen molar-refractivity contribution in [3.63, 3.8) is 0 Å². The Kier molecular flexibility index (Phi) is 3.99. The van der Waals surface area contributed by atoms with Gasteiger partial charge in [0, 0.05) is 13.2 Å². The second kappa shape index (κ2) is 5.49. The fraction of sp³-hybridized carbons (Fsp3) is 0.833. The Hall–Kier alpha value is -1.10. The molecular formula is C12H19NO4.